The summed E-state index contributed by atoms with van der Waals surface area (Å²) in [4.78, 5) is 26.6. The molecule has 0 bridgehead atoms. The number of carbonyl (C=O) groups is 2. The first-order valence-electron chi connectivity index (χ1n) is 15.9. The van der Waals surface area contributed by atoms with Crippen molar-refractivity contribution in [2.45, 2.75) is 106 Å². The third-order valence-corrected chi connectivity index (χ3v) is 13.8. The smallest absolute Gasteiger partial charge is 0.312 e. The third-order valence-electron chi connectivity index (χ3n) is 13.8. The number of allylic oxidation sites excluding steroid dienone is 4. The Kier molecular flexibility index (Phi) is 6.24. The van der Waals surface area contributed by atoms with Crippen LogP contribution in [-0.4, -0.2) is 11.8 Å². The van der Waals surface area contributed by atoms with E-state index in [-0.39, 0.29) is 33.0 Å². The van der Waals surface area contributed by atoms with Crippen LogP contribution in [0, 0.1) is 50.2 Å². The van der Waals surface area contributed by atoms with Crippen LogP contribution in [-0.2, 0) is 20.9 Å². The summed E-state index contributed by atoms with van der Waals surface area (Å²) in [6.45, 7) is 17.0. The third kappa shape index (κ3) is 3.74. The van der Waals surface area contributed by atoms with E-state index in [1.54, 1.807) is 5.57 Å². The first-order chi connectivity index (χ1) is 18.7. The maximum Gasteiger partial charge on any atom is 0.312 e. The molecule has 3 nitrogen and oxygen atoms in total. The van der Waals surface area contributed by atoms with Crippen molar-refractivity contribution in [3.05, 3.63) is 59.7 Å². The van der Waals surface area contributed by atoms with Crippen LogP contribution in [0.2, 0.25) is 0 Å². The van der Waals surface area contributed by atoms with Crippen molar-refractivity contribution in [2.24, 2.45) is 50.2 Å². The molecule has 1 aromatic rings. The van der Waals surface area contributed by atoms with E-state index in [1.165, 1.54) is 19.3 Å². The Morgan fingerprint density at radius 1 is 0.900 bits per heavy atom. The molecule has 3 saturated carbocycles. The van der Waals surface area contributed by atoms with Crippen LogP contribution in [0.3, 0.4) is 0 Å². The Hall–Kier alpha value is -2.16. The highest BCUT2D eigenvalue weighted by molar-refractivity contribution is 5.95. The summed E-state index contributed by atoms with van der Waals surface area (Å²) in [5, 5.41) is 0. The predicted octanol–water partition coefficient (Wildman–Crippen LogP) is 8.88. The fraction of sp³-hybridized carbons (Fsp3) is 0.676. The fourth-order valence-electron chi connectivity index (χ4n) is 10.7. The van der Waals surface area contributed by atoms with Gasteiger partial charge in [-0.15, -0.1) is 0 Å². The van der Waals surface area contributed by atoms with Crippen LogP contribution in [0.1, 0.15) is 105 Å². The van der Waals surface area contributed by atoms with E-state index in [4.69, 9.17) is 4.74 Å². The first-order valence-corrected chi connectivity index (χ1v) is 15.9. The summed E-state index contributed by atoms with van der Waals surface area (Å²) in [5.74, 6) is 1.59. The maximum atomic E-state index is 13.6. The van der Waals surface area contributed by atoms with Crippen molar-refractivity contribution >= 4 is 11.8 Å². The molecule has 0 amide bonds. The van der Waals surface area contributed by atoms with Gasteiger partial charge in [0.2, 0.25) is 0 Å². The molecule has 6 rings (SSSR count). The number of esters is 1. The lowest BCUT2D eigenvalue weighted by molar-refractivity contribution is -0.169. The van der Waals surface area contributed by atoms with Gasteiger partial charge >= 0.3 is 5.97 Å². The summed E-state index contributed by atoms with van der Waals surface area (Å²) in [7, 11) is 0. The number of hydrogen-bond acceptors (Lipinski definition) is 3. The highest BCUT2D eigenvalue weighted by Crippen LogP contribution is 2.74. The molecule has 0 saturated heterocycles. The molecule has 0 aromatic heterocycles. The summed E-state index contributed by atoms with van der Waals surface area (Å²) < 4.78 is 5.96. The van der Waals surface area contributed by atoms with E-state index in [2.05, 4.69) is 60.6 Å². The van der Waals surface area contributed by atoms with Gasteiger partial charge in [-0.25, -0.2) is 0 Å². The molecular formula is C37H50O3. The van der Waals surface area contributed by atoms with Gasteiger partial charge in [0.05, 0.1) is 5.41 Å². The first kappa shape index (κ1) is 28.0. The summed E-state index contributed by atoms with van der Waals surface area (Å²) >= 11 is 0. The molecule has 0 N–H and O–H groups in total. The molecule has 0 unspecified atom stereocenters. The van der Waals surface area contributed by atoms with Crippen molar-refractivity contribution in [2.75, 3.05) is 0 Å². The molecule has 40 heavy (non-hydrogen) atoms. The molecule has 1 aromatic carbocycles. The second kappa shape index (κ2) is 8.92. The average Bonchev–Trinajstić information content (AvgIpc) is 2.91. The second-order valence-electron chi connectivity index (χ2n) is 16.1. The molecule has 0 radical (unpaired) electrons. The maximum absolute atomic E-state index is 13.6. The zero-order valence-electron chi connectivity index (χ0n) is 25.9. The Morgan fingerprint density at radius 2 is 1.60 bits per heavy atom. The van der Waals surface area contributed by atoms with Gasteiger partial charge < -0.3 is 4.74 Å². The van der Waals surface area contributed by atoms with Gasteiger partial charge in [-0.05, 0) is 109 Å². The van der Waals surface area contributed by atoms with E-state index in [0.717, 1.165) is 37.7 Å². The standard InChI is InChI=1S/C37H50O3/c1-32(2)28-15-18-37(7)29(35(28,5)17-16-30(32)38)14-13-26-27-23-34(4,20-19-33(27,3)21-22-36(26,37)6)31(39)40-24-25-11-9-8-10-12-25/h8-13,16-17,27-29H,14-15,18-24H2,1-7H3/t27-,28-,29+,33+,34-,35-,36+,37+/m0/s1. The van der Waals surface area contributed by atoms with E-state index in [1.807, 2.05) is 36.4 Å². The molecule has 3 fully saturated rings. The second-order valence-corrected chi connectivity index (χ2v) is 16.1. The normalized spacial score (nSPS) is 45.3. The van der Waals surface area contributed by atoms with Crippen molar-refractivity contribution in [1.82, 2.24) is 0 Å². The summed E-state index contributed by atoms with van der Waals surface area (Å²) in [5.41, 5.74) is 2.49. The average molecular weight is 543 g/mol. The minimum atomic E-state index is -0.448. The van der Waals surface area contributed by atoms with E-state index in [9.17, 15) is 9.59 Å². The largest absolute Gasteiger partial charge is 0.460 e. The van der Waals surface area contributed by atoms with Gasteiger partial charge in [-0.1, -0.05) is 89.6 Å². The Bertz CT molecular complexity index is 1270. The van der Waals surface area contributed by atoms with Crippen LogP contribution < -0.4 is 0 Å². The SMILES string of the molecule is CC1(C)C(=O)C=C[C@]2(C)[C@H]3CC=C4[C@@H]5C[C@@](C)(C(=O)OCc6ccccc6)CC[C@]5(C)CC[C@@]4(C)[C@]3(C)CC[C@@H]12. The lowest BCUT2D eigenvalue weighted by Crippen LogP contribution is -2.63. The quantitative estimate of drug-likeness (QED) is 0.283. The van der Waals surface area contributed by atoms with Crippen molar-refractivity contribution < 1.29 is 14.3 Å². The predicted molar refractivity (Wildman–Crippen MR) is 160 cm³/mol. The summed E-state index contributed by atoms with van der Waals surface area (Å²) in [6, 6.07) is 10.0. The number of hydrogen-bond donors (Lipinski definition) is 0. The lowest BCUT2D eigenvalue weighted by Gasteiger charge is -2.70. The number of rotatable bonds is 3. The van der Waals surface area contributed by atoms with Gasteiger partial charge in [0.15, 0.2) is 5.78 Å². The zero-order chi connectivity index (χ0) is 28.8. The Labute approximate surface area is 242 Å². The molecule has 216 valence electrons. The summed E-state index contributed by atoms with van der Waals surface area (Å²) in [6.07, 6.45) is 15.5. The number of carbonyl (C=O) groups excluding carboxylic acids is 2. The minimum Gasteiger partial charge on any atom is -0.460 e. The monoisotopic (exact) mass is 542 g/mol. The highest BCUT2D eigenvalue weighted by Gasteiger charge is 2.67. The van der Waals surface area contributed by atoms with Crippen molar-refractivity contribution in [1.29, 1.82) is 0 Å². The zero-order valence-corrected chi connectivity index (χ0v) is 25.9. The van der Waals surface area contributed by atoms with Crippen molar-refractivity contribution in [3.63, 3.8) is 0 Å². The number of benzene rings is 1. The van der Waals surface area contributed by atoms with Gasteiger partial charge in [-0.3, -0.25) is 9.59 Å². The molecule has 5 aliphatic carbocycles. The molecule has 0 spiro atoms. The van der Waals surface area contributed by atoms with E-state index in [0.29, 0.717) is 30.1 Å². The van der Waals surface area contributed by atoms with Crippen LogP contribution in [0.5, 0.6) is 0 Å². The molecular weight excluding hydrogens is 492 g/mol. The lowest BCUT2D eigenvalue weighted by atomic mass is 9.34. The molecule has 8 atom stereocenters. The van der Waals surface area contributed by atoms with Gasteiger partial charge in [0.25, 0.3) is 0 Å². The van der Waals surface area contributed by atoms with Crippen molar-refractivity contribution in [3.8, 4) is 0 Å². The molecule has 5 aliphatic rings. The Balaban J connectivity index is 1.32. The van der Waals surface area contributed by atoms with E-state index < -0.39 is 5.41 Å². The molecule has 0 heterocycles. The van der Waals surface area contributed by atoms with Gasteiger partial charge in [0, 0.05) is 5.41 Å². The minimum absolute atomic E-state index is 0.0263. The fourth-order valence-corrected chi connectivity index (χ4v) is 10.7. The van der Waals surface area contributed by atoms with Gasteiger partial charge in [-0.2, -0.15) is 0 Å². The van der Waals surface area contributed by atoms with Crippen LogP contribution in [0.15, 0.2) is 54.1 Å². The van der Waals surface area contributed by atoms with Crippen LogP contribution in [0.25, 0.3) is 0 Å². The highest BCUT2D eigenvalue weighted by atomic mass is 16.5. The number of fused-ring (bicyclic) bond motifs is 7. The number of ether oxygens (including phenoxy) is 1. The van der Waals surface area contributed by atoms with Gasteiger partial charge in [0.1, 0.15) is 6.61 Å². The Morgan fingerprint density at radius 3 is 2.33 bits per heavy atom. The topological polar surface area (TPSA) is 43.4 Å². The number of ketones is 1. The van der Waals surface area contributed by atoms with Crippen LogP contribution >= 0.6 is 0 Å². The van der Waals surface area contributed by atoms with E-state index >= 15 is 0 Å². The van der Waals surface area contributed by atoms with Crippen LogP contribution in [0.4, 0.5) is 0 Å². The molecule has 3 heteroatoms. The molecule has 0 aliphatic heterocycles.